The van der Waals surface area contributed by atoms with Crippen LogP contribution in [0.2, 0.25) is 0 Å². The summed E-state index contributed by atoms with van der Waals surface area (Å²) < 4.78 is 40.3. The van der Waals surface area contributed by atoms with Crippen LogP contribution < -0.4 is 15.8 Å². The summed E-state index contributed by atoms with van der Waals surface area (Å²) in [6, 6.07) is 3.27. The summed E-state index contributed by atoms with van der Waals surface area (Å²) in [4.78, 5) is 11.3. The highest BCUT2D eigenvalue weighted by atomic mass is 35.5. The molecule has 0 spiro atoms. The number of carbonyl (C=O) groups excluding carboxylic acids is 1. The van der Waals surface area contributed by atoms with Crippen molar-refractivity contribution in [1.82, 2.24) is 4.72 Å². The molecular formula is C14H21ClFN3O3S. The topological polar surface area (TPSA) is 101 Å². The van der Waals surface area contributed by atoms with Gasteiger partial charge in [-0.25, -0.2) is 17.5 Å². The van der Waals surface area contributed by atoms with Gasteiger partial charge in [0.2, 0.25) is 15.9 Å². The Hall–Kier alpha value is -1.22. The number of halogens is 2. The third kappa shape index (κ3) is 6.06. The van der Waals surface area contributed by atoms with Crippen molar-refractivity contribution in [3.8, 4) is 0 Å². The first kappa shape index (κ1) is 19.8. The summed E-state index contributed by atoms with van der Waals surface area (Å²) in [5, 5.41) is 2.55. The number of hydrogen-bond donors (Lipinski definition) is 3. The zero-order valence-electron chi connectivity index (χ0n) is 12.7. The average molecular weight is 366 g/mol. The number of nitrogens with two attached hydrogens (primary N) is 1. The smallest absolute Gasteiger partial charge is 0.243 e. The first-order valence-corrected chi connectivity index (χ1v) is 8.63. The first-order valence-electron chi connectivity index (χ1n) is 7.15. The number of carbonyl (C=O) groups is 1. The molecule has 1 aliphatic carbocycles. The standard InChI is InChI=1S/C14H20FN3O3S.ClH/c1-9(16)2-7-14(19)17-11-5-6-12(15)13(8-11)22(20,21)18-10-3-4-10;/h5-6,8-10,18H,2-4,7,16H2,1H3,(H,17,19);1H. The van der Waals surface area contributed by atoms with Crippen molar-refractivity contribution in [3.05, 3.63) is 24.0 Å². The SMILES string of the molecule is CC(N)CCC(=O)Nc1ccc(F)c(S(=O)(=O)NC2CC2)c1.Cl. The van der Waals surface area contributed by atoms with E-state index in [1.807, 2.05) is 0 Å². The van der Waals surface area contributed by atoms with E-state index in [1.165, 1.54) is 6.07 Å². The van der Waals surface area contributed by atoms with Gasteiger partial charge in [-0.3, -0.25) is 4.79 Å². The van der Waals surface area contributed by atoms with E-state index in [4.69, 9.17) is 5.73 Å². The lowest BCUT2D eigenvalue weighted by atomic mass is 10.2. The Morgan fingerprint density at radius 3 is 2.65 bits per heavy atom. The van der Waals surface area contributed by atoms with Crippen LogP contribution in [0, 0.1) is 5.82 Å². The molecule has 0 aliphatic heterocycles. The molecule has 0 bridgehead atoms. The van der Waals surface area contributed by atoms with Gasteiger partial charge in [-0.2, -0.15) is 0 Å². The van der Waals surface area contributed by atoms with Crippen molar-refractivity contribution >= 4 is 34.0 Å². The Balaban J connectivity index is 0.00000264. The fourth-order valence-electron chi connectivity index (χ4n) is 1.85. The van der Waals surface area contributed by atoms with E-state index in [0.29, 0.717) is 6.42 Å². The molecule has 9 heteroatoms. The summed E-state index contributed by atoms with van der Waals surface area (Å²) in [5.41, 5.74) is 5.81. The van der Waals surface area contributed by atoms with Crippen LogP contribution in [0.5, 0.6) is 0 Å². The molecule has 0 radical (unpaired) electrons. The second kappa shape index (κ2) is 8.05. The zero-order chi connectivity index (χ0) is 16.3. The molecule has 130 valence electrons. The molecule has 1 amide bonds. The predicted octanol–water partition coefficient (Wildman–Crippen LogP) is 1.75. The third-order valence-corrected chi connectivity index (χ3v) is 4.77. The number of benzene rings is 1. The molecule has 1 aromatic rings. The monoisotopic (exact) mass is 365 g/mol. The zero-order valence-corrected chi connectivity index (χ0v) is 14.3. The lowest BCUT2D eigenvalue weighted by Gasteiger charge is -2.10. The highest BCUT2D eigenvalue weighted by Gasteiger charge is 2.29. The molecule has 23 heavy (non-hydrogen) atoms. The van der Waals surface area contributed by atoms with Gasteiger partial charge in [-0.1, -0.05) is 0 Å². The minimum absolute atomic E-state index is 0. The van der Waals surface area contributed by atoms with E-state index < -0.39 is 20.7 Å². The van der Waals surface area contributed by atoms with Crippen LogP contribution in [-0.4, -0.2) is 26.4 Å². The van der Waals surface area contributed by atoms with Crippen LogP contribution in [0.3, 0.4) is 0 Å². The molecule has 1 fully saturated rings. The normalized spacial score (nSPS) is 15.6. The Morgan fingerprint density at radius 2 is 2.09 bits per heavy atom. The Bertz CT molecular complexity index is 663. The molecule has 0 saturated heterocycles. The number of nitrogens with one attached hydrogen (secondary N) is 2. The summed E-state index contributed by atoms with van der Waals surface area (Å²) in [6.45, 7) is 1.79. The fourth-order valence-corrected chi connectivity index (χ4v) is 3.26. The molecule has 1 atom stereocenters. The van der Waals surface area contributed by atoms with Gasteiger partial charge in [0.05, 0.1) is 0 Å². The van der Waals surface area contributed by atoms with Crippen molar-refractivity contribution in [3.63, 3.8) is 0 Å². The van der Waals surface area contributed by atoms with Crippen molar-refractivity contribution in [2.45, 2.75) is 49.6 Å². The maximum absolute atomic E-state index is 13.8. The number of sulfonamides is 1. The molecule has 6 nitrogen and oxygen atoms in total. The van der Waals surface area contributed by atoms with Gasteiger partial charge in [0.25, 0.3) is 0 Å². The molecule has 2 rings (SSSR count). The van der Waals surface area contributed by atoms with E-state index in [1.54, 1.807) is 6.92 Å². The Labute approximate surface area is 141 Å². The van der Waals surface area contributed by atoms with E-state index in [0.717, 1.165) is 25.0 Å². The molecule has 1 unspecified atom stereocenters. The van der Waals surface area contributed by atoms with Crippen molar-refractivity contribution in [2.24, 2.45) is 5.73 Å². The molecule has 1 saturated carbocycles. The van der Waals surface area contributed by atoms with Crippen molar-refractivity contribution in [1.29, 1.82) is 0 Å². The highest BCUT2D eigenvalue weighted by Crippen LogP contribution is 2.25. The van der Waals surface area contributed by atoms with Crippen LogP contribution in [0.1, 0.15) is 32.6 Å². The van der Waals surface area contributed by atoms with E-state index in [9.17, 15) is 17.6 Å². The second-order valence-corrected chi connectivity index (χ2v) is 7.29. The molecule has 0 heterocycles. The maximum atomic E-state index is 13.8. The second-order valence-electron chi connectivity index (χ2n) is 5.60. The minimum Gasteiger partial charge on any atom is -0.328 e. The summed E-state index contributed by atoms with van der Waals surface area (Å²) in [7, 11) is -3.91. The molecule has 0 aromatic heterocycles. The highest BCUT2D eigenvalue weighted by molar-refractivity contribution is 7.89. The summed E-state index contributed by atoms with van der Waals surface area (Å²) >= 11 is 0. The quantitative estimate of drug-likeness (QED) is 0.685. The third-order valence-electron chi connectivity index (χ3n) is 3.23. The van der Waals surface area contributed by atoms with E-state index in [-0.39, 0.29) is 42.5 Å². The van der Waals surface area contributed by atoms with Gasteiger partial charge >= 0.3 is 0 Å². The lowest BCUT2D eigenvalue weighted by molar-refractivity contribution is -0.116. The van der Waals surface area contributed by atoms with Crippen LogP contribution in [0.25, 0.3) is 0 Å². The number of hydrogen-bond acceptors (Lipinski definition) is 4. The van der Waals surface area contributed by atoms with Gasteiger partial charge in [-0.15, -0.1) is 12.4 Å². The van der Waals surface area contributed by atoms with Crippen LogP contribution in [0.15, 0.2) is 23.1 Å². The predicted molar refractivity (Wildman–Crippen MR) is 88.5 cm³/mol. The van der Waals surface area contributed by atoms with Gasteiger partial charge in [0.1, 0.15) is 10.7 Å². The molecular weight excluding hydrogens is 345 g/mol. The van der Waals surface area contributed by atoms with Gasteiger partial charge in [0.15, 0.2) is 0 Å². The minimum atomic E-state index is -3.91. The van der Waals surface area contributed by atoms with Gasteiger partial charge in [0, 0.05) is 24.2 Å². The van der Waals surface area contributed by atoms with Crippen LogP contribution in [-0.2, 0) is 14.8 Å². The lowest BCUT2D eigenvalue weighted by Crippen LogP contribution is -2.26. The number of rotatable bonds is 7. The molecule has 1 aliphatic rings. The Morgan fingerprint density at radius 1 is 1.43 bits per heavy atom. The summed E-state index contributed by atoms with van der Waals surface area (Å²) in [6.07, 6.45) is 2.25. The van der Waals surface area contributed by atoms with Gasteiger partial charge in [-0.05, 0) is 44.4 Å². The van der Waals surface area contributed by atoms with Crippen molar-refractivity contribution in [2.75, 3.05) is 5.32 Å². The van der Waals surface area contributed by atoms with Crippen LogP contribution >= 0.6 is 12.4 Å². The average Bonchev–Trinajstić information content (AvgIpc) is 3.21. The number of anilines is 1. The van der Waals surface area contributed by atoms with Crippen LogP contribution in [0.4, 0.5) is 10.1 Å². The fraction of sp³-hybridized carbons (Fsp3) is 0.500. The Kier molecular flexibility index (Phi) is 6.94. The molecule has 1 aromatic carbocycles. The largest absolute Gasteiger partial charge is 0.328 e. The van der Waals surface area contributed by atoms with Gasteiger partial charge < -0.3 is 11.1 Å². The molecule has 4 N–H and O–H groups in total. The number of amides is 1. The summed E-state index contributed by atoms with van der Waals surface area (Å²) in [5.74, 6) is -1.14. The van der Waals surface area contributed by atoms with E-state index in [2.05, 4.69) is 10.0 Å². The van der Waals surface area contributed by atoms with Crippen molar-refractivity contribution < 1.29 is 17.6 Å². The first-order chi connectivity index (χ1) is 10.3. The maximum Gasteiger partial charge on any atom is 0.243 e. The van der Waals surface area contributed by atoms with E-state index >= 15 is 0 Å².